The predicted octanol–water partition coefficient (Wildman–Crippen LogP) is 3.47. The van der Waals surface area contributed by atoms with Gasteiger partial charge in [-0.2, -0.15) is 0 Å². The minimum absolute atomic E-state index is 0.00823. The van der Waals surface area contributed by atoms with E-state index >= 15 is 0 Å². The Kier molecular flexibility index (Phi) is 4.50. The van der Waals surface area contributed by atoms with Gasteiger partial charge in [-0.1, -0.05) is 0 Å². The summed E-state index contributed by atoms with van der Waals surface area (Å²) < 4.78 is 21.7. The van der Waals surface area contributed by atoms with E-state index in [0.29, 0.717) is 11.3 Å². The van der Waals surface area contributed by atoms with Crippen LogP contribution in [0.2, 0.25) is 0 Å². The summed E-state index contributed by atoms with van der Waals surface area (Å²) >= 11 is 0. The van der Waals surface area contributed by atoms with E-state index in [1.165, 1.54) is 29.3 Å². The first-order valence-electron chi connectivity index (χ1n) is 10.2. The van der Waals surface area contributed by atoms with E-state index in [2.05, 4.69) is 16.0 Å². The smallest absolute Gasteiger partial charge is 0.337 e. The fourth-order valence-electron chi connectivity index (χ4n) is 5.19. The Balaban J connectivity index is 1.58. The van der Waals surface area contributed by atoms with Crippen molar-refractivity contribution in [2.45, 2.75) is 25.8 Å². The van der Waals surface area contributed by atoms with E-state index in [9.17, 15) is 4.79 Å². The molecule has 3 aliphatic heterocycles. The molecule has 1 fully saturated rings. The summed E-state index contributed by atoms with van der Waals surface area (Å²) in [7, 11) is 4.73. The van der Waals surface area contributed by atoms with Gasteiger partial charge in [0, 0.05) is 41.7 Å². The summed E-state index contributed by atoms with van der Waals surface area (Å²) in [4.78, 5) is 18.5. The maximum Gasteiger partial charge on any atom is 0.337 e. The molecule has 30 heavy (non-hydrogen) atoms. The van der Waals surface area contributed by atoms with Crippen molar-refractivity contribution in [1.82, 2.24) is 9.88 Å². The minimum Gasteiger partial charge on any atom is -0.493 e. The molecule has 0 amide bonds. The molecular formula is C23H26N2O5. The summed E-state index contributed by atoms with van der Waals surface area (Å²) in [5.41, 5.74) is 5.38. The zero-order chi connectivity index (χ0) is 21.0. The standard InChI is InChI=1S/C23H26N2O5/c1-12-16-10-25-6-5-13-15-8-20(27-2)21(28-3)9-18(15)24-22(13)19(25)7-14(16)17(11-30-12)23(26)29-4/h8-9,11,14,19,24H,5-7,10H2,1-4H3/t14-,19+/m0/s1. The number of piperidine rings is 1. The zero-order valence-corrected chi connectivity index (χ0v) is 17.7. The van der Waals surface area contributed by atoms with E-state index in [0.717, 1.165) is 43.0 Å². The molecule has 7 heteroatoms. The molecule has 158 valence electrons. The van der Waals surface area contributed by atoms with Crippen LogP contribution in [-0.2, 0) is 20.7 Å². The molecule has 5 rings (SSSR count). The molecule has 7 nitrogen and oxygen atoms in total. The van der Waals surface area contributed by atoms with Crippen molar-refractivity contribution in [3.05, 3.63) is 46.6 Å². The molecular weight excluding hydrogens is 384 g/mol. The summed E-state index contributed by atoms with van der Waals surface area (Å²) in [5, 5.41) is 1.18. The molecule has 4 heterocycles. The summed E-state index contributed by atoms with van der Waals surface area (Å²) in [6.07, 6.45) is 3.33. The number of rotatable bonds is 3. The van der Waals surface area contributed by atoms with Crippen molar-refractivity contribution < 1.29 is 23.7 Å². The van der Waals surface area contributed by atoms with E-state index in [1.807, 2.05) is 13.0 Å². The van der Waals surface area contributed by atoms with Gasteiger partial charge in [0.15, 0.2) is 11.5 Å². The van der Waals surface area contributed by atoms with E-state index in [1.54, 1.807) is 20.5 Å². The average Bonchev–Trinajstić information content (AvgIpc) is 3.14. The van der Waals surface area contributed by atoms with Gasteiger partial charge in [0.2, 0.25) is 0 Å². The van der Waals surface area contributed by atoms with Crippen molar-refractivity contribution in [3.63, 3.8) is 0 Å². The van der Waals surface area contributed by atoms with Gasteiger partial charge in [-0.05, 0) is 37.0 Å². The van der Waals surface area contributed by atoms with Gasteiger partial charge < -0.3 is 23.9 Å². The van der Waals surface area contributed by atoms with E-state index in [-0.39, 0.29) is 17.9 Å². The fourth-order valence-corrected chi connectivity index (χ4v) is 5.19. The van der Waals surface area contributed by atoms with Crippen molar-refractivity contribution in [2.24, 2.45) is 5.92 Å². The van der Waals surface area contributed by atoms with Gasteiger partial charge >= 0.3 is 5.97 Å². The fraction of sp³-hybridized carbons (Fsp3) is 0.435. The third kappa shape index (κ3) is 2.72. The number of hydrogen-bond acceptors (Lipinski definition) is 6. The van der Waals surface area contributed by atoms with Crippen molar-refractivity contribution >= 4 is 16.9 Å². The van der Waals surface area contributed by atoms with Gasteiger partial charge in [-0.25, -0.2) is 4.79 Å². The zero-order valence-electron chi connectivity index (χ0n) is 17.7. The number of carbonyl (C=O) groups excluding carboxylic acids is 1. The number of nitrogens with one attached hydrogen (secondary N) is 1. The quantitative estimate of drug-likeness (QED) is 0.782. The van der Waals surface area contributed by atoms with Crippen LogP contribution in [0.3, 0.4) is 0 Å². The molecule has 2 atom stereocenters. The Hall–Kier alpha value is -2.93. The Morgan fingerprint density at radius 2 is 1.97 bits per heavy atom. The van der Waals surface area contributed by atoms with Crippen molar-refractivity contribution in [1.29, 1.82) is 0 Å². The summed E-state index contributed by atoms with van der Waals surface area (Å²) in [6.45, 7) is 3.72. The molecule has 2 aromatic rings. The molecule has 0 spiro atoms. The number of allylic oxidation sites excluding steroid dienone is 1. The molecule has 0 bridgehead atoms. The number of esters is 1. The average molecular weight is 410 g/mol. The van der Waals surface area contributed by atoms with Crippen molar-refractivity contribution in [2.75, 3.05) is 34.4 Å². The van der Waals surface area contributed by atoms with Gasteiger partial charge in [-0.3, -0.25) is 4.90 Å². The van der Waals surface area contributed by atoms with Crippen LogP contribution in [0.1, 0.15) is 30.6 Å². The highest BCUT2D eigenvalue weighted by Crippen LogP contribution is 2.47. The van der Waals surface area contributed by atoms with E-state index < -0.39 is 0 Å². The number of carbonyl (C=O) groups is 1. The first-order chi connectivity index (χ1) is 14.5. The highest BCUT2D eigenvalue weighted by Gasteiger charge is 2.42. The van der Waals surface area contributed by atoms with Crippen LogP contribution in [0.15, 0.2) is 35.3 Å². The summed E-state index contributed by atoms with van der Waals surface area (Å²) in [5.74, 6) is 2.03. The Labute approximate surface area is 175 Å². The normalized spacial score (nSPS) is 23.1. The second kappa shape index (κ2) is 7.09. The number of aromatic amines is 1. The van der Waals surface area contributed by atoms with Crippen LogP contribution in [0.4, 0.5) is 0 Å². The lowest BCUT2D eigenvalue weighted by Gasteiger charge is -2.45. The van der Waals surface area contributed by atoms with Crippen LogP contribution in [-0.4, -0.2) is 50.3 Å². The number of aromatic nitrogens is 1. The predicted molar refractivity (Wildman–Crippen MR) is 111 cm³/mol. The Bertz CT molecular complexity index is 1100. The van der Waals surface area contributed by atoms with Crippen molar-refractivity contribution in [3.8, 4) is 11.5 Å². The number of hydrogen-bond donors (Lipinski definition) is 1. The molecule has 0 aliphatic carbocycles. The molecule has 3 aliphatic rings. The molecule has 0 unspecified atom stereocenters. The second-order valence-corrected chi connectivity index (χ2v) is 8.06. The maximum absolute atomic E-state index is 12.4. The Morgan fingerprint density at radius 1 is 1.20 bits per heavy atom. The third-order valence-electron chi connectivity index (χ3n) is 6.73. The van der Waals surface area contributed by atoms with Crippen LogP contribution in [0.5, 0.6) is 11.5 Å². The van der Waals surface area contributed by atoms with Gasteiger partial charge in [0.1, 0.15) is 12.0 Å². The lowest BCUT2D eigenvalue weighted by molar-refractivity contribution is -0.137. The molecule has 0 saturated carbocycles. The molecule has 1 N–H and O–H groups in total. The van der Waals surface area contributed by atoms with Crippen LogP contribution >= 0.6 is 0 Å². The minimum atomic E-state index is -0.319. The molecule has 0 radical (unpaired) electrons. The van der Waals surface area contributed by atoms with Gasteiger partial charge in [0.25, 0.3) is 0 Å². The highest BCUT2D eigenvalue weighted by molar-refractivity contribution is 5.90. The number of nitrogens with zero attached hydrogens (tertiary/aromatic N) is 1. The number of H-pyrrole nitrogens is 1. The Morgan fingerprint density at radius 3 is 2.70 bits per heavy atom. The number of fused-ring (bicyclic) bond motifs is 6. The second-order valence-electron chi connectivity index (χ2n) is 8.06. The van der Waals surface area contributed by atoms with Crippen LogP contribution in [0.25, 0.3) is 10.9 Å². The first-order valence-corrected chi connectivity index (χ1v) is 10.2. The molecule has 1 aromatic heterocycles. The SMILES string of the molecule is COC(=O)C1=COC(C)=C2CN3CCc4c([nH]c5cc(OC)c(OC)cc45)[C@H]3C[C@H]12. The lowest BCUT2D eigenvalue weighted by Crippen LogP contribution is -2.44. The van der Waals surface area contributed by atoms with E-state index in [4.69, 9.17) is 18.9 Å². The topological polar surface area (TPSA) is 73.0 Å². The highest BCUT2D eigenvalue weighted by atomic mass is 16.5. The lowest BCUT2D eigenvalue weighted by atomic mass is 9.77. The monoisotopic (exact) mass is 410 g/mol. The summed E-state index contributed by atoms with van der Waals surface area (Å²) in [6, 6.07) is 4.26. The number of ether oxygens (including phenoxy) is 4. The van der Waals surface area contributed by atoms with Gasteiger partial charge in [-0.15, -0.1) is 0 Å². The number of benzene rings is 1. The molecule has 1 aromatic carbocycles. The molecule has 1 saturated heterocycles. The largest absolute Gasteiger partial charge is 0.493 e. The van der Waals surface area contributed by atoms with Crippen LogP contribution in [0, 0.1) is 5.92 Å². The van der Waals surface area contributed by atoms with Crippen LogP contribution < -0.4 is 9.47 Å². The maximum atomic E-state index is 12.4. The first kappa shape index (κ1) is 19.1. The third-order valence-corrected chi connectivity index (χ3v) is 6.73. The number of methoxy groups -OCH3 is 3. The van der Waals surface area contributed by atoms with Gasteiger partial charge in [0.05, 0.1) is 32.9 Å².